The standard InChI is InChI=1S/C6H15N3O2S/c1-6(2)4(7)3-5(6)9-12(8,10)11/h4-5,9H,3,7H2,1-2H3,(H2,8,10,11). The minimum atomic E-state index is -3.58. The predicted octanol–water partition coefficient (Wildman–Crippen LogP) is -1.09. The SMILES string of the molecule is CC1(C)C(N)CC1NS(N)(=O)=O. The van der Waals surface area contributed by atoms with Crippen LogP contribution >= 0.6 is 0 Å². The molecule has 1 fully saturated rings. The quantitative estimate of drug-likeness (QED) is 0.519. The lowest BCUT2D eigenvalue weighted by atomic mass is 9.64. The van der Waals surface area contributed by atoms with Gasteiger partial charge >= 0.3 is 0 Å². The van der Waals surface area contributed by atoms with Gasteiger partial charge in [-0.25, -0.2) is 5.14 Å². The van der Waals surface area contributed by atoms with E-state index in [2.05, 4.69) is 4.72 Å². The highest BCUT2D eigenvalue weighted by Crippen LogP contribution is 2.39. The lowest BCUT2D eigenvalue weighted by molar-refractivity contribution is 0.0903. The predicted molar refractivity (Wildman–Crippen MR) is 46.4 cm³/mol. The summed E-state index contributed by atoms with van der Waals surface area (Å²) in [5, 5.41) is 4.83. The average Bonchev–Trinajstić information content (AvgIpc) is 1.84. The van der Waals surface area contributed by atoms with Gasteiger partial charge in [0, 0.05) is 12.1 Å². The summed E-state index contributed by atoms with van der Waals surface area (Å²) >= 11 is 0. The Kier molecular flexibility index (Phi) is 2.20. The Morgan fingerprint density at radius 1 is 1.50 bits per heavy atom. The van der Waals surface area contributed by atoms with Crippen LogP contribution in [-0.4, -0.2) is 20.5 Å². The summed E-state index contributed by atoms with van der Waals surface area (Å²) < 4.78 is 23.7. The van der Waals surface area contributed by atoms with Gasteiger partial charge in [0.15, 0.2) is 0 Å². The highest BCUT2D eigenvalue weighted by Gasteiger charge is 2.47. The Balaban J connectivity index is 2.60. The number of rotatable bonds is 2. The first-order valence-electron chi connectivity index (χ1n) is 3.79. The summed E-state index contributed by atoms with van der Waals surface area (Å²) in [6.45, 7) is 3.84. The molecule has 6 heteroatoms. The molecule has 72 valence electrons. The molecular formula is C6H15N3O2S. The van der Waals surface area contributed by atoms with Gasteiger partial charge in [0.25, 0.3) is 10.2 Å². The van der Waals surface area contributed by atoms with Crippen molar-refractivity contribution in [2.75, 3.05) is 0 Å². The van der Waals surface area contributed by atoms with Crippen molar-refractivity contribution in [1.82, 2.24) is 4.72 Å². The third kappa shape index (κ3) is 1.77. The highest BCUT2D eigenvalue weighted by molar-refractivity contribution is 7.87. The average molecular weight is 193 g/mol. The first kappa shape index (κ1) is 9.91. The van der Waals surface area contributed by atoms with Crippen LogP contribution < -0.4 is 15.6 Å². The van der Waals surface area contributed by atoms with E-state index in [1.165, 1.54) is 0 Å². The molecule has 0 saturated heterocycles. The lowest BCUT2D eigenvalue weighted by Crippen LogP contribution is -2.65. The molecule has 0 aromatic rings. The smallest absolute Gasteiger partial charge is 0.274 e. The van der Waals surface area contributed by atoms with Crippen molar-refractivity contribution in [2.45, 2.75) is 32.4 Å². The molecule has 0 radical (unpaired) electrons. The Morgan fingerprint density at radius 2 is 2.00 bits per heavy atom. The molecule has 0 aromatic heterocycles. The van der Waals surface area contributed by atoms with E-state index < -0.39 is 10.2 Å². The molecule has 0 heterocycles. The molecule has 0 amide bonds. The van der Waals surface area contributed by atoms with Gasteiger partial charge in [-0.3, -0.25) is 0 Å². The van der Waals surface area contributed by atoms with Gasteiger partial charge in [-0.05, 0) is 11.8 Å². The van der Waals surface area contributed by atoms with Crippen molar-refractivity contribution in [3.63, 3.8) is 0 Å². The molecule has 0 spiro atoms. The van der Waals surface area contributed by atoms with E-state index in [4.69, 9.17) is 10.9 Å². The van der Waals surface area contributed by atoms with Crippen LogP contribution in [0.3, 0.4) is 0 Å². The van der Waals surface area contributed by atoms with Crippen molar-refractivity contribution < 1.29 is 8.42 Å². The summed E-state index contributed by atoms with van der Waals surface area (Å²) in [6.07, 6.45) is 0.656. The van der Waals surface area contributed by atoms with Gasteiger partial charge in [-0.1, -0.05) is 13.8 Å². The Labute approximate surface area is 72.7 Å². The van der Waals surface area contributed by atoms with Gasteiger partial charge in [-0.2, -0.15) is 13.1 Å². The zero-order valence-corrected chi connectivity index (χ0v) is 8.06. The molecule has 1 aliphatic carbocycles. The summed E-state index contributed by atoms with van der Waals surface area (Å²) in [5.74, 6) is 0. The number of nitrogens with one attached hydrogen (secondary N) is 1. The molecule has 1 saturated carbocycles. The van der Waals surface area contributed by atoms with Crippen molar-refractivity contribution in [1.29, 1.82) is 0 Å². The van der Waals surface area contributed by atoms with Crippen LogP contribution in [0.4, 0.5) is 0 Å². The first-order chi connectivity index (χ1) is 5.23. The highest BCUT2D eigenvalue weighted by atomic mass is 32.2. The minimum absolute atomic E-state index is 0.0525. The third-order valence-electron chi connectivity index (χ3n) is 2.65. The van der Waals surface area contributed by atoms with Crippen LogP contribution in [0.25, 0.3) is 0 Å². The molecule has 0 aliphatic heterocycles. The molecule has 12 heavy (non-hydrogen) atoms. The Hall–Kier alpha value is -0.170. The van der Waals surface area contributed by atoms with Gasteiger partial charge in [-0.15, -0.1) is 0 Å². The van der Waals surface area contributed by atoms with Crippen molar-refractivity contribution in [3.8, 4) is 0 Å². The van der Waals surface area contributed by atoms with E-state index in [0.29, 0.717) is 6.42 Å². The maximum absolute atomic E-state index is 10.7. The number of nitrogens with two attached hydrogens (primary N) is 2. The van der Waals surface area contributed by atoms with Crippen LogP contribution in [0, 0.1) is 5.41 Å². The van der Waals surface area contributed by atoms with Crippen LogP contribution in [0.1, 0.15) is 20.3 Å². The number of hydrogen-bond donors (Lipinski definition) is 3. The minimum Gasteiger partial charge on any atom is -0.327 e. The Bertz CT molecular complexity index is 273. The first-order valence-corrected chi connectivity index (χ1v) is 5.34. The zero-order valence-electron chi connectivity index (χ0n) is 7.24. The fourth-order valence-corrected chi connectivity index (χ4v) is 2.15. The van der Waals surface area contributed by atoms with E-state index in [-0.39, 0.29) is 17.5 Å². The van der Waals surface area contributed by atoms with Crippen LogP contribution in [0.5, 0.6) is 0 Å². The molecule has 2 atom stereocenters. The maximum Gasteiger partial charge on any atom is 0.274 e. The van der Waals surface area contributed by atoms with E-state index in [0.717, 1.165) is 0 Å². The summed E-state index contributed by atoms with van der Waals surface area (Å²) in [6, 6.07) is -0.0701. The van der Waals surface area contributed by atoms with Gasteiger partial charge < -0.3 is 5.73 Å². The molecule has 5 nitrogen and oxygen atoms in total. The van der Waals surface area contributed by atoms with Crippen LogP contribution in [0.15, 0.2) is 0 Å². The lowest BCUT2D eigenvalue weighted by Gasteiger charge is -2.49. The second-order valence-corrected chi connectivity index (χ2v) is 5.20. The van der Waals surface area contributed by atoms with Crippen LogP contribution in [0.2, 0.25) is 0 Å². The molecule has 2 unspecified atom stereocenters. The fraction of sp³-hybridized carbons (Fsp3) is 1.00. The molecule has 0 bridgehead atoms. The molecule has 0 aromatic carbocycles. The third-order valence-corrected chi connectivity index (χ3v) is 3.26. The monoisotopic (exact) mass is 193 g/mol. The van der Waals surface area contributed by atoms with E-state index in [1.807, 2.05) is 13.8 Å². The Morgan fingerprint density at radius 3 is 2.25 bits per heavy atom. The second-order valence-electron chi connectivity index (χ2n) is 3.88. The number of hydrogen-bond acceptors (Lipinski definition) is 3. The molecule has 1 aliphatic rings. The van der Waals surface area contributed by atoms with E-state index in [1.54, 1.807) is 0 Å². The maximum atomic E-state index is 10.7. The molecule has 1 rings (SSSR count). The van der Waals surface area contributed by atoms with Gasteiger partial charge in [0.05, 0.1) is 0 Å². The second kappa shape index (κ2) is 2.66. The van der Waals surface area contributed by atoms with Gasteiger partial charge in [0.2, 0.25) is 0 Å². The normalized spacial score (nSPS) is 34.3. The summed E-state index contributed by atoms with van der Waals surface area (Å²) in [4.78, 5) is 0. The zero-order chi connectivity index (χ0) is 9.57. The van der Waals surface area contributed by atoms with Crippen LogP contribution in [-0.2, 0) is 10.2 Å². The van der Waals surface area contributed by atoms with Crippen molar-refractivity contribution in [3.05, 3.63) is 0 Å². The topological polar surface area (TPSA) is 98.2 Å². The van der Waals surface area contributed by atoms with E-state index in [9.17, 15) is 8.42 Å². The summed E-state index contributed by atoms with van der Waals surface area (Å²) in [5.41, 5.74) is 5.50. The fourth-order valence-electron chi connectivity index (χ4n) is 1.36. The van der Waals surface area contributed by atoms with Gasteiger partial charge in [0.1, 0.15) is 0 Å². The largest absolute Gasteiger partial charge is 0.327 e. The summed E-state index contributed by atoms with van der Waals surface area (Å²) in [7, 11) is -3.58. The molecule has 5 N–H and O–H groups in total. The molecular weight excluding hydrogens is 178 g/mol. The van der Waals surface area contributed by atoms with E-state index >= 15 is 0 Å². The van der Waals surface area contributed by atoms with Crippen molar-refractivity contribution >= 4 is 10.2 Å². The van der Waals surface area contributed by atoms with Crippen molar-refractivity contribution in [2.24, 2.45) is 16.3 Å².